The van der Waals surface area contributed by atoms with Gasteiger partial charge in [-0.3, -0.25) is 0 Å². The van der Waals surface area contributed by atoms with E-state index in [9.17, 15) is 13.9 Å². The number of hydrogen-bond donors (Lipinski definition) is 2. The van der Waals surface area contributed by atoms with E-state index in [1.807, 2.05) is 24.3 Å². The second-order valence-corrected chi connectivity index (χ2v) is 7.59. The topological polar surface area (TPSA) is 41.5 Å². The molecule has 1 saturated heterocycles. The van der Waals surface area contributed by atoms with Crippen molar-refractivity contribution in [3.05, 3.63) is 59.7 Å². The summed E-state index contributed by atoms with van der Waals surface area (Å²) in [6.07, 6.45) is 4.24. The zero-order valence-electron chi connectivity index (χ0n) is 16.4. The Morgan fingerprint density at radius 1 is 1.14 bits per heavy atom. The number of unbranched alkanes of at least 4 members (excludes halogenated alkanes) is 1. The van der Waals surface area contributed by atoms with Gasteiger partial charge in [-0.15, -0.1) is 0 Å². The van der Waals surface area contributed by atoms with Crippen molar-refractivity contribution < 1.29 is 18.6 Å². The first kappa shape index (κ1) is 20.9. The SMILES string of the molecule is COCCCC[C@@](O)(c1ccccc1-c1ccc(F)c(F)c1)[C@@H]1CCCNC1. The molecule has 0 radical (unpaired) electrons. The molecule has 3 rings (SSSR count). The fourth-order valence-corrected chi connectivity index (χ4v) is 4.24. The Bertz CT molecular complexity index is 777. The van der Waals surface area contributed by atoms with E-state index in [0.717, 1.165) is 56.0 Å². The Balaban J connectivity index is 2.00. The van der Waals surface area contributed by atoms with Gasteiger partial charge in [-0.1, -0.05) is 30.3 Å². The van der Waals surface area contributed by atoms with Crippen LogP contribution in [0.15, 0.2) is 42.5 Å². The predicted octanol–water partition coefficient (Wildman–Crippen LogP) is 4.64. The standard InChI is InChI=1S/C23H29F2NO2/c1-28-14-5-4-12-23(27,18-7-6-13-26-16-18)20-9-3-2-8-19(20)17-10-11-21(24)22(25)15-17/h2-3,8-11,15,18,26-27H,4-7,12-14,16H2,1H3/t18-,23+/m1/s1. The summed E-state index contributed by atoms with van der Waals surface area (Å²) in [4.78, 5) is 0. The maximum atomic E-state index is 13.9. The molecule has 0 aromatic heterocycles. The fourth-order valence-electron chi connectivity index (χ4n) is 4.24. The first-order valence-corrected chi connectivity index (χ1v) is 10.0. The molecule has 28 heavy (non-hydrogen) atoms. The zero-order valence-corrected chi connectivity index (χ0v) is 16.4. The summed E-state index contributed by atoms with van der Waals surface area (Å²) < 4.78 is 32.5. The highest BCUT2D eigenvalue weighted by atomic mass is 19.2. The van der Waals surface area contributed by atoms with E-state index >= 15 is 0 Å². The highest BCUT2D eigenvalue weighted by molar-refractivity contribution is 5.68. The Hall–Kier alpha value is -1.82. The van der Waals surface area contributed by atoms with Gasteiger partial charge in [0.2, 0.25) is 0 Å². The number of nitrogens with one attached hydrogen (secondary N) is 1. The van der Waals surface area contributed by atoms with E-state index in [-0.39, 0.29) is 5.92 Å². The maximum Gasteiger partial charge on any atom is 0.159 e. The lowest BCUT2D eigenvalue weighted by Crippen LogP contribution is -2.44. The highest BCUT2D eigenvalue weighted by Crippen LogP contribution is 2.42. The van der Waals surface area contributed by atoms with Crippen molar-refractivity contribution in [1.82, 2.24) is 5.32 Å². The van der Waals surface area contributed by atoms with Gasteiger partial charge in [-0.05, 0) is 67.5 Å². The minimum atomic E-state index is -1.04. The summed E-state index contributed by atoms with van der Waals surface area (Å²) in [7, 11) is 1.68. The van der Waals surface area contributed by atoms with Gasteiger partial charge in [-0.25, -0.2) is 8.78 Å². The molecular weight excluding hydrogens is 360 g/mol. The van der Waals surface area contributed by atoms with E-state index in [2.05, 4.69) is 5.32 Å². The zero-order chi connectivity index (χ0) is 20.0. The van der Waals surface area contributed by atoms with Gasteiger partial charge in [0.1, 0.15) is 0 Å². The molecule has 3 nitrogen and oxygen atoms in total. The van der Waals surface area contributed by atoms with E-state index in [4.69, 9.17) is 4.74 Å². The Morgan fingerprint density at radius 3 is 2.68 bits per heavy atom. The van der Waals surface area contributed by atoms with Crippen molar-refractivity contribution in [3.63, 3.8) is 0 Å². The van der Waals surface area contributed by atoms with Crippen molar-refractivity contribution in [2.24, 2.45) is 5.92 Å². The van der Waals surface area contributed by atoms with Crippen LogP contribution in [0.1, 0.15) is 37.7 Å². The van der Waals surface area contributed by atoms with Crippen LogP contribution in [0.5, 0.6) is 0 Å². The predicted molar refractivity (Wildman–Crippen MR) is 107 cm³/mol. The van der Waals surface area contributed by atoms with Crippen LogP contribution in [-0.4, -0.2) is 31.9 Å². The van der Waals surface area contributed by atoms with Crippen molar-refractivity contribution in [2.45, 2.75) is 37.7 Å². The number of rotatable bonds is 8. The lowest BCUT2D eigenvalue weighted by Gasteiger charge is -2.40. The molecule has 1 heterocycles. The summed E-state index contributed by atoms with van der Waals surface area (Å²) in [5.74, 6) is -1.68. The number of hydrogen-bond acceptors (Lipinski definition) is 3. The molecule has 152 valence electrons. The third-order valence-electron chi connectivity index (χ3n) is 5.75. The number of ether oxygens (including phenoxy) is 1. The molecule has 0 amide bonds. The van der Waals surface area contributed by atoms with Crippen molar-refractivity contribution >= 4 is 0 Å². The molecule has 0 saturated carbocycles. The molecule has 2 aromatic carbocycles. The lowest BCUT2D eigenvalue weighted by atomic mass is 9.72. The third kappa shape index (κ3) is 4.59. The lowest BCUT2D eigenvalue weighted by molar-refractivity contribution is -0.0429. The number of piperidine rings is 1. The first-order chi connectivity index (χ1) is 13.6. The highest BCUT2D eigenvalue weighted by Gasteiger charge is 2.40. The van der Waals surface area contributed by atoms with Crippen LogP contribution in [-0.2, 0) is 10.3 Å². The van der Waals surface area contributed by atoms with Crippen LogP contribution in [0.4, 0.5) is 8.78 Å². The molecule has 5 heteroatoms. The monoisotopic (exact) mass is 389 g/mol. The van der Waals surface area contributed by atoms with Gasteiger partial charge in [0.15, 0.2) is 11.6 Å². The molecule has 1 fully saturated rings. The molecule has 0 bridgehead atoms. The van der Waals surface area contributed by atoms with Gasteiger partial charge in [0, 0.05) is 26.2 Å². The molecular formula is C23H29F2NO2. The van der Waals surface area contributed by atoms with E-state index in [1.165, 1.54) is 6.07 Å². The largest absolute Gasteiger partial charge is 0.385 e. The van der Waals surface area contributed by atoms with Gasteiger partial charge in [-0.2, -0.15) is 0 Å². The number of benzene rings is 2. The Labute approximate surface area is 165 Å². The first-order valence-electron chi connectivity index (χ1n) is 10.0. The second kappa shape index (κ2) is 9.59. The normalized spacial score (nSPS) is 19.4. The Kier molecular flexibility index (Phi) is 7.16. The van der Waals surface area contributed by atoms with Gasteiger partial charge in [0.25, 0.3) is 0 Å². The number of aliphatic hydroxyl groups is 1. The average molecular weight is 389 g/mol. The molecule has 0 unspecified atom stereocenters. The summed E-state index contributed by atoms with van der Waals surface area (Å²) in [5, 5.41) is 15.3. The van der Waals surface area contributed by atoms with E-state index < -0.39 is 17.2 Å². The maximum absolute atomic E-state index is 13.9. The molecule has 1 aliphatic rings. The van der Waals surface area contributed by atoms with E-state index in [0.29, 0.717) is 18.6 Å². The molecule has 2 N–H and O–H groups in total. The Morgan fingerprint density at radius 2 is 1.96 bits per heavy atom. The van der Waals surface area contributed by atoms with Gasteiger partial charge in [0.05, 0.1) is 5.60 Å². The molecule has 0 spiro atoms. The summed E-state index contributed by atoms with van der Waals surface area (Å²) >= 11 is 0. The van der Waals surface area contributed by atoms with E-state index in [1.54, 1.807) is 13.2 Å². The quantitative estimate of drug-likeness (QED) is 0.647. The van der Waals surface area contributed by atoms with Crippen LogP contribution in [0.2, 0.25) is 0 Å². The minimum Gasteiger partial charge on any atom is -0.385 e. The van der Waals surface area contributed by atoms with Crippen molar-refractivity contribution in [1.29, 1.82) is 0 Å². The van der Waals surface area contributed by atoms with Crippen LogP contribution in [0.3, 0.4) is 0 Å². The minimum absolute atomic E-state index is 0.0650. The number of halogens is 2. The molecule has 1 aliphatic heterocycles. The number of methoxy groups -OCH3 is 1. The van der Waals surface area contributed by atoms with Crippen LogP contribution >= 0.6 is 0 Å². The fraction of sp³-hybridized carbons (Fsp3) is 0.478. The smallest absolute Gasteiger partial charge is 0.159 e. The third-order valence-corrected chi connectivity index (χ3v) is 5.75. The van der Waals surface area contributed by atoms with Crippen LogP contribution < -0.4 is 5.32 Å². The summed E-state index contributed by atoms with van der Waals surface area (Å²) in [6.45, 7) is 2.36. The summed E-state index contributed by atoms with van der Waals surface area (Å²) in [6, 6.07) is 11.5. The van der Waals surface area contributed by atoms with Crippen molar-refractivity contribution in [2.75, 3.05) is 26.8 Å². The molecule has 2 atom stereocenters. The van der Waals surface area contributed by atoms with Crippen LogP contribution in [0, 0.1) is 17.6 Å². The van der Waals surface area contributed by atoms with Crippen molar-refractivity contribution in [3.8, 4) is 11.1 Å². The van der Waals surface area contributed by atoms with Gasteiger partial charge < -0.3 is 15.2 Å². The average Bonchev–Trinajstić information content (AvgIpc) is 2.74. The molecule has 2 aromatic rings. The summed E-state index contributed by atoms with van der Waals surface area (Å²) in [5.41, 5.74) is 1.07. The van der Waals surface area contributed by atoms with Gasteiger partial charge >= 0.3 is 0 Å². The second-order valence-electron chi connectivity index (χ2n) is 7.59. The van der Waals surface area contributed by atoms with Crippen LogP contribution in [0.25, 0.3) is 11.1 Å². The molecule has 0 aliphatic carbocycles.